The van der Waals surface area contributed by atoms with Gasteiger partial charge in [-0.25, -0.2) is 4.57 Å². The summed E-state index contributed by atoms with van der Waals surface area (Å²) in [5, 5.41) is 50.3. The molecule has 0 spiro atoms. The second kappa shape index (κ2) is 44.5. The average Bonchev–Trinajstić information content (AvgIpc) is 3.33. The maximum Gasteiger partial charge on any atom is 0.472 e. The van der Waals surface area contributed by atoms with Crippen molar-refractivity contribution in [3.8, 4) is 0 Å². The van der Waals surface area contributed by atoms with Gasteiger partial charge in [0, 0.05) is 12.8 Å². The molecule has 1 aliphatic carbocycles. The molecule has 0 amide bonds. The molecule has 0 aliphatic heterocycles. The van der Waals surface area contributed by atoms with Crippen LogP contribution in [-0.4, -0.2) is 98.3 Å². The Morgan fingerprint density at radius 1 is 0.449 bits per heavy atom. The van der Waals surface area contributed by atoms with E-state index in [-0.39, 0.29) is 12.8 Å². The molecule has 13 nitrogen and oxygen atoms in total. The standard InChI is InChI=1S/C55H99O13P/c1-3-5-7-9-11-13-15-17-19-21-22-23-24-25-26-28-30-32-34-36-38-40-42-44-49(57)67-47(46-66-69(63,64)68-55-53(61)51(59)50(58)52(60)54(55)62)45-65-48(56)43-41-39-37-35-33-31-29-27-20-18-16-14-12-10-8-6-4-2/h18,20,29,31,35-38,47,50-55,58-62H,3-17,19,21-28,30,32-34,39-46H2,1-2H3,(H,63,64)/b20-18+,31-29+,37-35+,38-36+/t47-,50?,51-,52?,53?,54?,55?/m1/s1. The minimum absolute atomic E-state index is 0.0390. The number of carbonyl (C=O) groups excluding carboxylic acids is 2. The lowest BCUT2D eigenvalue weighted by atomic mass is 9.85. The number of phosphoric ester groups is 1. The molecule has 1 fully saturated rings. The smallest absolute Gasteiger partial charge is 0.462 e. The van der Waals surface area contributed by atoms with Gasteiger partial charge in [-0.05, 0) is 64.2 Å². The lowest BCUT2D eigenvalue weighted by Crippen LogP contribution is -2.64. The van der Waals surface area contributed by atoms with E-state index in [1.165, 1.54) is 148 Å². The third-order valence-electron chi connectivity index (χ3n) is 12.6. The normalized spacial score (nSPS) is 21.2. The van der Waals surface area contributed by atoms with E-state index in [1.807, 2.05) is 18.2 Å². The predicted octanol–water partition coefficient (Wildman–Crippen LogP) is 12.3. The Hall–Kier alpha value is -2.19. The summed E-state index contributed by atoms with van der Waals surface area (Å²) < 4.78 is 33.6. The Morgan fingerprint density at radius 2 is 0.783 bits per heavy atom. The van der Waals surface area contributed by atoms with Crippen molar-refractivity contribution in [2.75, 3.05) is 13.2 Å². The summed E-state index contributed by atoms with van der Waals surface area (Å²) in [6.45, 7) is 3.26. The first-order valence-electron chi connectivity index (χ1n) is 27.4. The van der Waals surface area contributed by atoms with Crippen LogP contribution in [0.1, 0.15) is 232 Å². The van der Waals surface area contributed by atoms with Crippen molar-refractivity contribution in [2.45, 2.75) is 275 Å². The van der Waals surface area contributed by atoms with Gasteiger partial charge >= 0.3 is 19.8 Å². The highest BCUT2D eigenvalue weighted by molar-refractivity contribution is 7.47. The molecule has 1 saturated carbocycles. The van der Waals surface area contributed by atoms with E-state index in [0.717, 1.165) is 32.1 Å². The zero-order chi connectivity index (χ0) is 50.6. The van der Waals surface area contributed by atoms with Crippen LogP contribution in [0.2, 0.25) is 0 Å². The molecule has 0 aromatic heterocycles. The van der Waals surface area contributed by atoms with Gasteiger partial charge in [0.05, 0.1) is 6.61 Å². The predicted molar refractivity (Wildman–Crippen MR) is 276 cm³/mol. The van der Waals surface area contributed by atoms with E-state index < -0.39 is 75.7 Å². The van der Waals surface area contributed by atoms with Crippen LogP contribution < -0.4 is 0 Å². The summed E-state index contributed by atoms with van der Waals surface area (Å²) in [6, 6.07) is 0. The molecule has 1 rings (SSSR count). The molecule has 0 aromatic carbocycles. The summed E-state index contributed by atoms with van der Waals surface area (Å²) in [5.74, 6) is -1.19. The summed E-state index contributed by atoms with van der Waals surface area (Å²) >= 11 is 0. The quantitative estimate of drug-likeness (QED) is 0.0145. The summed E-state index contributed by atoms with van der Waals surface area (Å²) in [6.07, 6.45) is 41.8. The first-order chi connectivity index (χ1) is 33.4. The first kappa shape index (κ1) is 64.8. The van der Waals surface area contributed by atoms with Crippen molar-refractivity contribution in [1.82, 2.24) is 0 Å². The fourth-order valence-electron chi connectivity index (χ4n) is 8.25. The van der Waals surface area contributed by atoms with E-state index in [1.54, 1.807) is 0 Å². The van der Waals surface area contributed by atoms with Crippen molar-refractivity contribution < 1.29 is 63.1 Å². The number of hydrogen-bond acceptors (Lipinski definition) is 12. The number of hydrogen-bond donors (Lipinski definition) is 6. The van der Waals surface area contributed by atoms with E-state index in [2.05, 4.69) is 44.2 Å². The van der Waals surface area contributed by atoms with Crippen LogP contribution in [0.15, 0.2) is 48.6 Å². The zero-order valence-electron chi connectivity index (χ0n) is 43.1. The van der Waals surface area contributed by atoms with Crippen molar-refractivity contribution >= 4 is 19.8 Å². The van der Waals surface area contributed by atoms with Gasteiger partial charge in [-0.1, -0.05) is 204 Å². The summed E-state index contributed by atoms with van der Waals surface area (Å²) in [5.41, 5.74) is 0. The Balaban J connectivity index is 2.40. The highest BCUT2D eigenvalue weighted by Crippen LogP contribution is 2.47. The van der Waals surface area contributed by atoms with E-state index in [0.29, 0.717) is 25.7 Å². The first-order valence-corrected chi connectivity index (χ1v) is 28.9. The number of phosphoric acid groups is 1. The number of ether oxygens (including phenoxy) is 2. The molecule has 0 aromatic rings. The van der Waals surface area contributed by atoms with Crippen LogP contribution in [0, 0.1) is 0 Å². The van der Waals surface area contributed by atoms with Gasteiger partial charge in [-0.3, -0.25) is 18.6 Å². The molecule has 0 radical (unpaired) electrons. The number of esters is 2. The SMILES string of the molecule is CCCCCCCC/C=C/C/C=C/C/C=C/CCCC(=O)OC[C@H](COP(=O)(O)OC1C(O)C(O)C(O)[C@@H](O)C1O)OC(=O)CCC/C=C/CCCCCCCCCCCCCCCCCCCC. The second-order valence-corrected chi connectivity index (χ2v) is 20.5. The zero-order valence-corrected chi connectivity index (χ0v) is 44.0. The maximum absolute atomic E-state index is 12.9. The number of rotatable bonds is 46. The molecule has 6 N–H and O–H groups in total. The lowest BCUT2D eigenvalue weighted by molar-refractivity contribution is -0.220. The number of unbranched alkanes of at least 4 members (excludes halogenated alkanes) is 26. The fourth-order valence-corrected chi connectivity index (χ4v) is 9.22. The van der Waals surface area contributed by atoms with Crippen molar-refractivity contribution in [2.24, 2.45) is 0 Å². The number of aliphatic hydroxyl groups excluding tert-OH is 5. The number of carbonyl (C=O) groups is 2. The summed E-state index contributed by atoms with van der Waals surface area (Å²) in [7, 11) is -5.14. The molecule has 6 unspecified atom stereocenters. The van der Waals surface area contributed by atoms with Gasteiger partial charge in [0.15, 0.2) is 6.10 Å². The van der Waals surface area contributed by atoms with Crippen molar-refractivity contribution in [3.63, 3.8) is 0 Å². The van der Waals surface area contributed by atoms with Crippen LogP contribution in [-0.2, 0) is 32.7 Å². The minimum Gasteiger partial charge on any atom is -0.462 e. The molecular weight excluding hydrogens is 900 g/mol. The van der Waals surface area contributed by atoms with Crippen LogP contribution in [0.5, 0.6) is 0 Å². The van der Waals surface area contributed by atoms with Gasteiger partial charge in [0.2, 0.25) is 0 Å². The highest BCUT2D eigenvalue weighted by atomic mass is 31.2. The monoisotopic (exact) mass is 999 g/mol. The molecule has 8 atom stereocenters. The Morgan fingerprint density at radius 3 is 1.20 bits per heavy atom. The molecule has 0 heterocycles. The van der Waals surface area contributed by atoms with Gasteiger partial charge in [-0.15, -0.1) is 0 Å². The number of allylic oxidation sites excluding steroid dienone is 8. The highest BCUT2D eigenvalue weighted by Gasteiger charge is 2.51. The molecule has 14 heteroatoms. The van der Waals surface area contributed by atoms with Gasteiger partial charge in [0.25, 0.3) is 0 Å². The third-order valence-corrected chi connectivity index (χ3v) is 13.6. The topological polar surface area (TPSA) is 210 Å². The minimum atomic E-state index is -5.14. The Kier molecular flexibility index (Phi) is 41.8. The Bertz CT molecular complexity index is 1390. The van der Waals surface area contributed by atoms with Crippen LogP contribution in [0.4, 0.5) is 0 Å². The van der Waals surface area contributed by atoms with Crippen molar-refractivity contribution in [1.29, 1.82) is 0 Å². The van der Waals surface area contributed by atoms with E-state index in [4.69, 9.17) is 18.5 Å². The van der Waals surface area contributed by atoms with Crippen molar-refractivity contribution in [3.05, 3.63) is 48.6 Å². The largest absolute Gasteiger partial charge is 0.472 e. The molecule has 402 valence electrons. The van der Waals surface area contributed by atoms with Crippen LogP contribution in [0.3, 0.4) is 0 Å². The van der Waals surface area contributed by atoms with E-state index in [9.17, 15) is 44.6 Å². The van der Waals surface area contributed by atoms with Gasteiger partial charge in [-0.2, -0.15) is 0 Å². The fraction of sp³-hybridized carbons (Fsp3) is 0.818. The van der Waals surface area contributed by atoms with Gasteiger partial charge in [0.1, 0.15) is 43.2 Å². The second-order valence-electron chi connectivity index (χ2n) is 19.1. The molecule has 0 saturated heterocycles. The molecular formula is C55H99O13P. The molecule has 69 heavy (non-hydrogen) atoms. The lowest BCUT2D eigenvalue weighted by Gasteiger charge is -2.41. The van der Waals surface area contributed by atoms with Crippen LogP contribution >= 0.6 is 7.82 Å². The third kappa shape index (κ3) is 36.4. The van der Waals surface area contributed by atoms with Gasteiger partial charge < -0.3 is 39.9 Å². The maximum atomic E-state index is 12.9. The van der Waals surface area contributed by atoms with E-state index >= 15 is 0 Å². The summed E-state index contributed by atoms with van der Waals surface area (Å²) in [4.78, 5) is 35.8. The Labute approximate surface area is 418 Å². The molecule has 1 aliphatic rings. The molecule has 0 bridgehead atoms. The van der Waals surface area contributed by atoms with Crippen LogP contribution in [0.25, 0.3) is 0 Å². The number of aliphatic hydroxyl groups is 5. The average molecular weight is 999 g/mol.